The van der Waals surface area contributed by atoms with Crippen molar-refractivity contribution in [3.05, 3.63) is 82.9 Å². The van der Waals surface area contributed by atoms with Crippen LogP contribution in [-0.4, -0.2) is 43.4 Å². The Balaban J connectivity index is 1.66. The maximum absolute atomic E-state index is 14.1. The Morgan fingerprint density at radius 2 is 1.79 bits per heavy atom. The maximum Gasteiger partial charge on any atom is 0.336 e. The minimum Gasteiger partial charge on any atom is -0.478 e. The van der Waals surface area contributed by atoms with Gasteiger partial charge in [-0.25, -0.2) is 13.2 Å². The number of benzene rings is 3. The third kappa shape index (κ3) is 5.87. The van der Waals surface area contributed by atoms with Crippen molar-refractivity contribution < 1.29 is 18.3 Å². The highest BCUT2D eigenvalue weighted by atomic mass is 35.5. The number of hydrogen-bond acceptors (Lipinski definition) is 4. The summed E-state index contributed by atoms with van der Waals surface area (Å²) in [5.41, 5.74) is 4.55. The van der Waals surface area contributed by atoms with Crippen molar-refractivity contribution >= 4 is 44.5 Å². The van der Waals surface area contributed by atoms with E-state index in [0.29, 0.717) is 46.3 Å². The fourth-order valence-corrected chi connectivity index (χ4v) is 7.89. The Morgan fingerprint density at radius 3 is 2.40 bits per heavy atom. The number of nitrogens with zero attached hydrogens (tertiary/aromatic N) is 2. The van der Waals surface area contributed by atoms with Crippen molar-refractivity contribution in [1.82, 2.24) is 4.31 Å². The third-order valence-electron chi connectivity index (χ3n) is 8.59. The molecule has 1 aliphatic heterocycles. The first-order valence-electron chi connectivity index (χ1n) is 14.5. The molecule has 0 unspecified atom stereocenters. The second-order valence-electron chi connectivity index (χ2n) is 12.7. The molecule has 1 heterocycles. The van der Waals surface area contributed by atoms with E-state index in [1.54, 1.807) is 25.2 Å². The second kappa shape index (κ2) is 11.5. The number of carboxylic acid groups (broad SMARTS) is 1. The number of para-hydroxylation sites is 1. The molecule has 6 nitrogen and oxygen atoms in total. The van der Waals surface area contributed by atoms with Crippen LogP contribution in [-0.2, 0) is 10.0 Å². The van der Waals surface area contributed by atoms with Gasteiger partial charge >= 0.3 is 5.97 Å². The Kier molecular flexibility index (Phi) is 8.31. The second-order valence-corrected chi connectivity index (χ2v) is 15.1. The van der Waals surface area contributed by atoms with Gasteiger partial charge in [0.1, 0.15) is 4.90 Å². The molecule has 8 heteroatoms. The molecule has 3 aromatic carbocycles. The van der Waals surface area contributed by atoms with E-state index >= 15 is 0 Å². The lowest BCUT2D eigenvalue weighted by atomic mass is 9.76. The van der Waals surface area contributed by atoms with Crippen molar-refractivity contribution in [3.63, 3.8) is 0 Å². The van der Waals surface area contributed by atoms with Crippen molar-refractivity contribution in [2.45, 2.75) is 64.3 Å². The lowest BCUT2D eigenvalue weighted by Crippen LogP contribution is -2.41. The number of halogens is 1. The molecule has 1 atom stereocenters. The fourth-order valence-electron chi connectivity index (χ4n) is 6.07. The summed E-state index contributed by atoms with van der Waals surface area (Å²) in [6, 6.07) is 18.1. The maximum atomic E-state index is 14.1. The molecule has 5 rings (SSSR count). The van der Waals surface area contributed by atoms with Gasteiger partial charge in [-0.05, 0) is 84.0 Å². The lowest BCUT2D eigenvalue weighted by molar-refractivity contribution is 0.0696. The van der Waals surface area contributed by atoms with E-state index in [1.807, 2.05) is 47.4 Å². The molecule has 3 aromatic rings. The van der Waals surface area contributed by atoms with E-state index < -0.39 is 16.0 Å². The quantitative estimate of drug-likeness (QED) is 0.304. The zero-order valence-electron chi connectivity index (χ0n) is 24.9. The first-order valence-corrected chi connectivity index (χ1v) is 16.3. The molecule has 0 amide bonds. The zero-order chi connectivity index (χ0) is 30.4. The number of rotatable bonds is 6. The van der Waals surface area contributed by atoms with Crippen LogP contribution in [0.15, 0.2) is 71.6 Å². The monoisotopic (exact) mass is 606 g/mol. The van der Waals surface area contributed by atoms with E-state index in [1.165, 1.54) is 4.31 Å². The first-order chi connectivity index (χ1) is 19.8. The Hall–Kier alpha value is -3.13. The van der Waals surface area contributed by atoms with Gasteiger partial charge < -0.3 is 10.0 Å². The molecule has 0 aromatic heterocycles. The number of likely N-dealkylation sites (N-methyl/N-ethyl adjacent to an activating group) is 1. The van der Waals surface area contributed by atoms with Crippen LogP contribution >= 0.6 is 11.6 Å². The first kappa shape index (κ1) is 30.3. The van der Waals surface area contributed by atoms with Gasteiger partial charge in [-0.1, -0.05) is 75.7 Å². The zero-order valence-corrected chi connectivity index (χ0v) is 26.5. The average molecular weight is 607 g/mol. The standard InChI is InChI=1S/C34H39ClN2O4S/c1-22(2)17-26-21-37(25-9-7-6-8-10-25)31-20-30(35)28(19-32(31)42(40,41)36(26)5)24-11-12-27(29(18-24)33(38)39)23-13-15-34(3,4)16-14-23/h6-13,18-20,22,26H,14-17,21H2,1-5H3,(H,38,39)/t26-/m1/s1. The van der Waals surface area contributed by atoms with Crippen LogP contribution in [0.5, 0.6) is 0 Å². The van der Waals surface area contributed by atoms with E-state index in [4.69, 9.17) is 11.6 Å². The summed E-state index contributed by atoms with van der Waals surface area (Å²) >= 11 is 6.91. The predicted molar refractivity (Wildman–Crippen MR) is 171 cm³/mol. The largest absolute Gasteiger partial charge is 0.478 e. The molecule has 0 fully saturated rings. The van der Waals surface area contributed by atoms with E-state index in [-0.39, 0.29) is 21.9 Å². The van der Waals surface area contributed by atoms with Gasteiger partial charge in [0.05, 0.1) is 16.3 Å². The summed E-state index contributed by atoms with van der Waals surface area (Å²) in [7, 11) is -2.25. The smallest absolute Gasteiger partial charge is 0.336 e. The van der Waals surface area contributed by atoms with Crippen LogP contribution in [0.25, 0.3) is 16.7 Å². The Morgan fingerprint density at radius 1 is 1.07 bits per heavy atom. The molecule has 0 radical (unpaired) electrons. The third-order valence-corrected chi connectivity index (χ3v) is 10.8. The number of carbonyl (C=O) groups is 1. The van der Waals surface area contributed by atoms with Gasteiger partial charge in [-0.2, -0.15) is 4.31 Å². The minimum atomic E-state index is -3.90. The van der Waals surface area contributed by atoms with Crippen LogP contribution in [0.3, 0.4) is 0 Å². The Labute approximate surface area is 254 Å². The van der Waals surface area contributed by atoms with E-state index in [0.717, 1.165) is 30.5 Å². The highest BCUT2D eigenvalue weighted by Gasteiger charge is 2.38. The highest BCUT2D eigenvalue weighted by Crippen LogP contribution is 2.44. The minimum absolute atomic E-state index is 0.151. The summed E-state index contributed by atoms with van der Waals surface area (Å²) in [5.74, 6) is -0.730. The summed E-state index contributed by atoms with van der Waals surface area (Å²) in [5, 5.41) is 10.5. The molecular weight excluding hydrogens is 568 g/mol. The number of carboxylic acids is 1. The number of hydrogen-bond donors (Lipinski definition) is 1. The van der Waals surface area contributed by atoms with E-state index in [2.05, 4.69) is 33.8 Å². The van der Waals surface area contributed by atoms with Crippen LogP contribution in [0.1, 0.15) is 69.3 Å². The molecule has 1 N–H and O–H groups in total. The van der Waals surface area contributed by atoms with Gasteiger partial charge in [0.25, 0.3) is 0 Å². The number of anilines is 2. The predicted octanol–water partition coefficient (Wildman–Crippen LogP) is 8.49. The highest BCUT2D eigenvalue weighted by molar-refractivity contribution is 7.89. The number of fused-ring (bicyclic) bond motifs is 1. The summed E-state index contributed by atoms with van der Waals surface area (Å²) in [4.78, 5) is 14.6. The summed E-state index contributed by atoms with van der Waals surface area (Å²) in [6.07, 6.45) is 5.53. The molecule has 0 saturated carbocycles. The van der Waals surface area contributed by atoms with E-state index in [9.17, 15) is 18.3 Å². The van der Waals surface area contributed by atoms with Crippen molar-refractivity contribution in [2.75, 3.05) is 18.5 Å². The topological polar surface area (TPSA) is 77.9 Å². The Bertz CT molecular complexity index is 1650. The van der Waals surface area contributed by atoms with Gasteiger partial charge in [-0.3, -0.25) is 0 Å². The molecule has 1 aliphatic carbocycles. The molecule has 0 bridgehead atoms. The van der Waals surface area contributed by atoms with Gasteiger partial charge in [0.2, 0.25) is 10.0 Å². The number of allylic oxidation sites excluding steroid dienone is 2. The molecule has 222 valence electrons. The molecule has 0 spiro atoms. The number of sulfonamides is 1. The number of aromatic carboxylic acids is 1. The lowest BCUT2D eigenvalue weighted by Gasteiger charge is -2.30. The SMILES string of the molecule is CC(C)C[C@@H]1CN(c2ccccc2)c2cc(Cl)c(-c3ccc(C4=CCC(C)(C)CC4)c(C(=O)O)c3)cc2S(=O)(=O)N1C. The van der Waals surface area contributed by atoms with Gasteiger partial charge in [-0.15, -0.1) is 0 Å². The van der Waals surface area contributed by atoms with Crippen LogP contribution in [0.2, 0.25) is 5.02 Å². The van der Waals surface area contributed by atoms with Crippen LogP contribution in [0, 0.1) is 11.3 Å². The van der Waals surface area contributed by atoms with Crippen molar-refractivity contribution in [2.24, 2.45) is 11.3 Å². The van der Waals surface area contributed by atoms with Gasteiger partial charge in [0, 0.05) is 30.9 Å². The van der Waals surface area contributed by atoms with Crippen LogP contribution < -0.4 is 4.90 Å². The molecule has 42 heavy (non-hydrogen) atoms. The molecule has 0 saturated heterocycles. The molecular formula is C34H39ClN2O4S. The average Bonchev–Trinajstić information content (AvgIpc) is 3.01. The summed E-state index contributed by atoms with van der Waals surface area (Å²) < 4.78 is 29.7. The van der Waals surface area contributed by atoms with Gasteiger partial charge in [0.15, 0.2) is 0 Å². The molecule has 2 aliphatic rings. The van der Waals surface area contributed by atoms with Crippen LogP contribution in [0.4, 0.5) is 11.4 Å². The van der Waals surface area contributed by atoms with Crippen molar-refractivity contribution in [1.29, 1.82) is 0 Å². The normalized spacial score (nSPS) is 20.1. The summed E-state index contributed by atoms with van der Waals surface area (Å²) in [6.45, 7) is 9.10. The van der Waals surface area contributed by atoms with Crippen molar-refractivity contribution in [3.8, 4) is 11.1 Å². The fraction of sp³-hybridized carbons (Fsp3) is 0.382.